The average molecular weight is 242 g/mol. The van der Waals surface area contributed by atoms with E-state index in [1.54, 1.807) is 17.1 Å². The number of aromatic nitrogens is 5. The SMILES string of the molecule is CC(C)c1ccn(-c2nc(N)cn3ccnc23)n1. The lowest BCUT2D eigenvalue weighted by molar-refractivity contribution is 0.758. The maximum atomic E-state index is 5.79. The molecule has 0 spiro atoms. The van der Waals surface area contributed by atoms with Gasteiger partial charge in [-0.3, -0.25) is 0 Å². The van der Waals surface area contributed by atoms with E-state index >= 15 is 0 Å². The fourth-order valence-electron chi connectivity index (χ4n) is 1.85. The molecule has 0 aliphatic rings. The maximum absolute atomic E-state index is 5.79. The number of nitrogens with zero attached hydrogens (tertiary/aromatic N) is 5. The zero-order valence-corrected chi connectivity index (χ0v) is 10.3. The molecule has 0 saturated carbocycles. The summed E-state index contributed by atoms with van der Waals surface area (Å²) in [6.45, 7) is 4.20. The topological polar surface area (TPSA) is 74.0 Å². The van der Waals surface area contributed by atoms with Crippen LogP contribution in [0.25, 0.3) is 11.5 Å². The van der Waals surface area contributed by atoms with Crippen molar-refractivity contribution in [1.82, 2.24) is 24.1 Å². The molecule has 18 heavy (non-hydrogen) atoms. The van der Waals surface area contributed by atoms with E-state index in [2.05, 4.69) is 28.9 Å². The number of nitrogens with two attached hydrogens (primary N) is 1. The van der Waals surface area contributed by atoms with Crippen LogP contribution >= 0.6 is 0 Å². The summed E-state index contributed by atoms with van der Waals surface area (Å²) in [5.74, 6) is 1.46. The Morgan fingerprint density at radius 2 is 2.11 bits per heavy atom. The molecule has 0 radical (unpaired) electrons. The van der Waals surface area contributed by atoms with Gasteiger partial charge in [0.1, 0.15) is 5.82 Å². The van der Waals surface area contributed by atoms with Crippen molar-refractivity contribution in [2.24, 2.45) is 0 Å². The summed E-state index contributed by atoms with van der Waals surface area (Å²) in [5, 5.41) is 4.50. The second-order valence-electron chi connectivity index (χ2n) is 4.49. The van der Waals surface area contributed by atoms with Gasteiger partial charge in [0.15, 0.2) is 11.5 Å². The van der Waals surface area contributed by atoms with Gasteiger partial charge in [-0.25, -0.2) is 14.6 Å². The van der Waals surface area contributed by atoms with Crippen LogP contribution in [-0.2, 0) is 0 Å². The van der Waals surface area contributed by atoms with E-state index < -0.39 is 0 Å². The zero-order chi connectivity index (χ0) is 12.7. The highest BCUT2D eigenvalue weighted by molar-refractivity contribution is 5.56. The zero-order valence-electron chi connectivity index (χ0n) is 10.3. The number of rotatable bonds is 2. The molecule has 6 heteroatoms. The summed E-state index contributed by atoms with van der Waals surface area (Å²) in [5.41, 5.74) is 7.54. The monoisotopic (exact) mass is 242 g/mol. The molecule has 0 aliphatic carbocycles. The third-order valence-corrected chi connectivity index (χ3v) is 2.79. The first-order valence-corrected chi connectivity index (χ1v) is 5.80. The molecule has 6 nitrogen and oxygen atoms in total. The van der Waals surface area contributed by atoms with Crippen molar-refractivity contribution in [3.8, 4) is 5.82 Å². The number of hydrogen-bond donors (Lipinski definition) is 1. The van der Waals surface area contributed by atoms with E-state index in [0.717, 1.165) is 11.3 Å². The Hall–Kier alpha value is -2.37. The Morgan fingerprint density at radius 3 is 2.83 bits per heavy atom. The molecule has 92 valence electrons. The highest BCUT2D eigenvalue weighted by Crippen LogP contribution is 2.16. The van der Waals surface area contributed by atoms with Crippen molar-refractivity contribution in [2.45, 2.75) is 19.8 Å². The Bertz CT molecular complexity index is 693. The van der Waals surface area contributed by atoms with Gasteiger partial charge < -0.3 is 10.1 Å². The van der Waals surface area contributed by atoms with E-state index in [-0.39, 0.29) is 0 Å². The lowest BCUT2D eigenvalue weighted by Crippen LogP contribution is -2.06. The van der Waals surface area contributed by atoms with Crippen LogP contribution in [0.3, 0.4) is 0 Å². The summed E-state index contributed by atoms with van der Waals surface area (Å²) < 4.78 is 3.56. The van der Waals surface area contributed by atoms with Crippen molar-refractivity contribution in [1.29, 1.82) is 0 Å². The first-order chi connectivity index (χ1) is 8.65. The Labute approximate surface area is 104 Å². The second-order valence-corrected chi connectivity index (χ2v) is 4.49. The van der Waals surface area contributed by atoms with Gasteiger partial charge in [-0.05, 0) is 12.0 Å². The van der Waals surface area contributed by atoms with Crippen LogP contribution in [0.4, 0.5) is 5.82 Å². The standard InChI is InChI=1S/C12H14N6/c1-8(2)9-3-5-18(16-9)12-11-14-4-6-17(11)7-10(13)15-12/h3-8H,13H2,1-2H3. The fourth-order valence-corrected chi connectivity index (χ4v) is 1.85. The van der Waals surface area contributed by atoms with Gasteiger partial charge in [0.05, 0.1) is 11.9 Å². The van der Waals surface area contributed by atoms with Crippen molar-refractivity contribution in [3.63, 3.8) is 0 Å². The van der Waals surface area contributed by atoms with E-state index in [9.17, 15) is 0 Å². The molecule has 0 unspecified atom stereocenters. The van der Waals surface area contributed by atoms with Gasteiger partial charge in [-0.1, -0.05) is 13.8 Å². The van der Waals surface area contributed by atoms with Crippen LogP contribution in [-0.4, -0.2) is 24.1 Å². The van der Waals surface area contributed by atoms with Crippen LogP contribution in [0.15, 0.2) is 30.9 Å². The molecule has 0 atom stereocenters. The third-order valence-electron chi connectivity index (χ3n) is 2.79. The molecule has 3 aromatic rings. The predicted octanol–water partition coefficient (Wildman–Crippen LogP) is 1.62. The molecule has 0 fully saturated rings. The fraction of sp³-hybridized carbons (Fsp3) is 0.250. The quantitative estimate of drug-likeness (QED) is 0.741. The van der Waals surface area contributed by atoms with Crippen molar-refractivity contribution >= 4 is 11.5 Å². The summed E-state index contributed by atoms with van der Waals surface area (Å²) in [4.78, 5) is 8.59. The highest BCUT2D eigenvalue weighted by atomic mass is 15.3. The molecule has 0 aliphatic heterocycles. The van der Waals surface area contributed by atoms with Gasteiger partial charge in [-0.2, -0.15) is 5.10 Å². The lowest BCUT2D eigenvalue weighted by Gasteiger charge is -2.05. The van der Waals surface area contributed by atoms with Gasteiger partial charge in [-0.15, -0.1) is 0 Å². The normalized spacial score (nSPS) is 11.5. The third kappa shape index (κ3) is 1.62. The van der Waals surface area contributed by atoms with E-state index in [4.69, 9.17) is 5.73 Å². The predicted molar refractivity (Wildman–Crippen MR) is 68.6 cm³/mol. The summed E-state index contributed by atoms with van der Waals surface area (Å²) >= 11 is 0. The summed E-state index contributed by atoms with van der Waals surface area (Å²) in [6, 6.07) is 1.98. The molecule has 0 saturated heterocycles. The summed E-state index contributed by atoms with van der Waals surface area (Å²) in [6.07, 6.45) is 7.17. The molecule has 3 rings (SSSR count). The molecular weight excluding hydrogens is 228 g/mol. The Morgan fingerprint density at radius 1 is 1.28 bits per heavy atom. The largest absolute Gasteiger partial charge is 0.382 e. The van der Waals surface area contributed by atoms with Crippen LogP contribution in [0.5, 0.6) is 0 Å². The molecular formula is C12H14N6. The van der Waals surface area contributed by atoms with Gasteiger partial charge in [0, 0.05) is 18.6 Å². The van der Waals surface area contributed by atoms with Crippen LogP contribution in [0.1, 0.15) is 25.5 Å². The number of nitrogen functional groups attached to an aromatic ring is 1. The maximum Gasteiger partial charge on any atom is 0.199 e. The van der Waals surface area contributed by atoms with E-state index in [1.165, 1.54) is 0 Å². The van der Waals surface area contributed by atoms with Crippen LogP contribution in [0, 0.1) is 0 Å². The second kappa shape index (κ2) is 3.83. The Kier molecular flexibility index (Phi) is 2.29. The van der Waals surface area contributed by atoms with Crippen LogP contribution < -0.4 is 5.73 Å². The molecule has 0 aromatic carbocycles. The van der Waals surface area contributed by atoms with Crippen molar-refractivity contribution in [2.75, 3.05) is 5.73 Å². The molecule has 2 N–H and O–H groups in total. The lowest BCUT2D eigenvalue weighted by atomic mass is 10.1. The Balaban J connectivity index is 2.20. The minimum atomic E-state index is 0.378. The molecule has 3 heterocycles. The summed E-state index contributed by atoms with van der Waals surface area (Å²) in [7, 11) is 0. The highest BCUT2D eigenvalue weighted by Gasteiger charge is 2.11. The minimum absolute atomic E-state index is 0.378. The smallest absolute Gasteiger partial charge is 0.199 e. The van der Waals surface area contributed by atoms with Crippen molar-refractivity contribution < 1.29 is 0 Å². The van der Waals surface area contributed by atoms with Gasteiger partial charge in [0.2, 0.25) is 0 Å². The van der Waals surface area contributed by atoms with E-state index in [1.807, 2.05) is 22.9 Å². The van der Waals surface area contributed by atoms with Crippen molar-refractivity contribution in [3.05, 3.63) is 36.5 Å². The average Bonchev–Trinajstić information content (AvgIpc) is 2.95. The minimum Gasteiger partial charge on any atom is -0.382 e. The van der Waals surface area contributed by atoms with Crippen LogP contribution in [0.2, 0.25) is 0 Å². The molecule has 0 amide bonds. The van der Waals surface area contributed by atoms with Gasteiger partial charge >= 0.3 is 0 Å². The number of fused-ring (bicyclic) bond motifs is 1. The molecule has 0 bridgehead atoms. The number of hydrogen-bond acceptors (Lipinski definition) is 4. The van der Waals surface area contributed by atoms with Gasteiger partial charge in [0.25, 0.3) is 0 Å². The first kappa shape index (κ1) is 10.8. The number of anilines is 1. The first-order valence-electron chi connectivity index (χ1n) is 5.80. The van der Waals surface area contributed by atoms with E-state index in [0.29, 0.717) is 17.6 Å². The number of imidazole rings is 1. The molecule has 3 aromatic heterocycles.